The molecule has 0 bridgehead atoms. The van der Waals surface area contributed by atoms with Gasteiger partial charge in [-0.25, -0.2) is 0 Å². The summed E-state index contributed by atoms with van der Waals surface area (Å²) in [5, 5.41) is 3.55. The SMILES string of the molecule is CCCCCC(=O)N(c1ccccc1)[C@H]1C[C@H](C)Nc2ccccc21. The highest BCUT2D eigenvalue weighted by atomic mass is 16.2. The normalized spacial score (nSPS) is 19.0. The number of nitrogens with one attached hydrogen (secondary N) is 1. The molecule has 0 spiro atoms. The van der Waals surface area contributed by atoms with E-state index in [0.29, 0.717) is 12.5 Å². The number of carbonyl (C=O) groups is 1. The zero-order chi connectivity index (χ0) is 17.6. The number of amides is 1. The third-order valence-corrected chi connectivity index (χ3v) is 4.91. The van der Waals surface area contributed by atoms with E-state index in [9.17, 15) is 4.79 Å². The molecule has 0 saturated heterocycles. The Morgan fingerprint density at radius 3 is 2.56 bits per heavy atom. The lowest BCUT2D eigenvalue weighted by Gasteiger charge is -2.39. The van der Waals surface area contributed by atoms with Crippen LogP contribution in [-0.4, -0.2) is 11.9 Å². The van der Waals surface area contributed by atoms with Gasteiger partial charge in [0.2, 0.25) is 5.91 Å². The molecule has 0 unspecified atom stereocenters. The second-order valence-electron chi connectivity index (χ2n) is 6.94. The van der Waals surface area contributed by atoms with E-state index in [-0.39, 0.29) is 11.9 Å². The summed E-state index contributed by atoms with van der Waals surface area (Å²) in [5.41, 5.74) is 3.36. The highest BCUT2D eigenvalue weighted by Gasteiger charge is 2.32. The molecule has 1 aliphatic heterocycles. The Balaban J connectivity index is 1.96. The molecule has 1 aliphatic rings. The van der Waals surface area contributed by atoms with Gasteiger partial charge in [-0.3, -0.25) is 4.79 Å². The zero-order valence-electron chi connectivity index (χ0n) is 15.2. The van der Waals surface area contributed by atoms with E-state index >= 15 is 0 Å². The van der Waals surface area contributed by atoms with E-state index in [1.54, 1.807) is 0 Å². The van der Waals surface area contributed by atoms with Gasteiger partial charge >= 0.3 is 0 Å². The molecule has 0 aliphatic carbocycles. The lowest BCUT2D eigenvalue weighted by molar-refractivity contribution is -0.119. The standard InChI is InChI=1S/C22H28N2O/c1-3-4-6-15-22(25)24(18-11-7-5-8-12-18)21-16-17(2)23-20-14-10-9-13-19(20)21/h5,7-14,17,21,23H,3-4,6,15-16H2,1-2H3/t17-,21-/m0/s1. The van der Waals surface area contributed by atoms with Crippen LogP contribution in [0.3, 0.4) is 0 Å². The summed E-state index contributed by atoms with van der Waals surface area (Å²) in [6.07, 6.45) is 4.73. The van der Waals surface area contributed by atoms with Gasteiger partial charge in [0, 0.05) is 23.8 Å². The third-order valence-electron chi connectivity index (χ3n) is 4.91. The van der Waals surface area contributed by atoms with E-state index in [1.807, 2.05) is 35.2 Å². The number of fused-ring (bicyclic) bond motifs is 1. The molecular formula is C22H28N2O. The number of anilines is 2. The highest BCUT2D eigenvalue weighted by molar-refractivity contribution is 5.94. The maximum absolute atomic E-state index is 13.1. The van der Waals surface area contributed by atoms with Crippen LogP contribution in [0.1, 0.15) is 57.6 Å². The lowest BCUT2D eigenvalue weighted by Crippen LogP contribution is -2.40. The molecule has 1 heterocycles. The molecule has 1 N–H and O–H groups in total. The highest BCUT2D eigenvalue weighted by Crippen LogP contribution is 2.39. The first-order valence-electron chi connectivity index (χ1n) is 9.43. The molecular weight excluding hydrogens is 308 g/mol. The van der Waals surface area contributed by atoms with Crippen LogP contribution < -0.4 is 10.2 Å². The number of carbonyl (C=O) groups excluding carboxylic acids is 1. The maximum Gasteiger partial charge on any atom is 0.227 e. The second kappa shape index (κ2) is 8.19. The van der Waals surface area contributed by atoms with Crippen LogP contribution in [0.2, 0.25) is 0 Å². The van der Waals surface area contributed by atoms with Crippen LogP contribution in [0.25, 0.3) is 0 Å². The average Bonchev–Trinajstić information content (AvgIpc) is 2.63. The minimum Gasteiger partial charge on any atom is -0.382 e. The van der Waals surface area contributed by atoms with Crippen LogP contribution in [0.4, 0.5) is 11.4 Å². The quantitative estimate of drug-likeness (QED) is 0.702. The first-order chi connectivity index (χ1) is 12.2. The molecule has 0 radical (unpaired) electrons. The van der Waals surface area contributed by atoms with Gasteiger partial charge in [-0.1, -0.05) is 56.2 Å². The Morgan fingerprint density at radius 2 is 1.80 bits per heavy atom. The number of unbranched alkanes of at least 4 members (excludes halogenated alkanes) is 2. The van der Waals surface area contributed by atoms with Crippen molar-refractivity contribution in [1.29, 1.82) is 0 Å². The molecule has 0 saturated carbocycles. The Hall–Kier alpha value is -2.29. The molecule has 3 nitrogen and oxygen atoms in total. The predicted octanol–water partition coefficient (Wildman–Crippen LogP) is 5.55. The van der Waals surface area contributed by atoms with Crippen LogP contribution in [0.15, 0.2) is 54.6 Å². The molecule has 2 aromatic rings. The summed E-state index contributed by atoms with van der Waals surface area (Å²) in [5.74, 6) is 0.230. The van der Waals surface area contributed by atoms with E-state index in [2.05, 4.69) is 43.4 Å². The zero-order valence-corrected chi connectivity index (χ0v) is 15.2. The van der Waals surface area contributed by atoms with E-state index in [1.165, 1.54) is 5.56 Å². The van der Waals surface area contributed by atoms with Gasteiger partial charge in [0.05, 0.1) is 6.04 Å². The summed E-state index contributed by atoms with van der Waals surface area (Å²) in [6, 6.07) is 18.9. The number of benzene rings is 2. The van der Waals surface area contributed by atoms with Crippen molar-refractivity contribution >= 4 is 17.3 Å². The lowest BCUT2D eigenvalue weighted by atomic mass is 9.91. The third kappa shape index (κ3) is 4.04. The minimum absolute atomic E-state index is 0.0870. The molecule has 1 amide bonds. The topological polar surface area (TPSA) is 32.3 Å². The van der Waals surface area contributed by atoms with Gasteiger partial charge in [-0.15, -0.1) is 0 Å². The molecule has 3 rings (SSSR count). The monoisotopic (exact) mass is 336 g/mol. The smallest absolute Gasteiger partial charge is 0.227 e. The van der Waals surface area contributed by atoms with Crippen molar-refractivity contribution in [2.75, 3.05) is 10.2 Å². The number of hydrogen-bond donors (Lipinski definition) is 1. The van der Waals surface area contributed by atoms with Crippen LogP contribution in [0.5, 0.6) is 0 Å². The van der Waals surface area contributed by atoms with Crippen molar-refractivity contribution in [3.8, 4) is 0 Å². The van der Waals surface area contributed by atoms with E-state index in [0.717, 1.165) is 37.1 Å². The Labute approximate surface area is 151 Å². The van der Waals surface area contributed by atoms with Crippen LogP contribution in [-0.2, 0) is 4.79 Å². The molecule has 0 fully saturated rings. The number of hydrogen-bond acceptors (Lipinski definition) is 2. The van der Waals surface area contributed by atoms with Crippen molar-refractivity contribution < 1.29 is 4.79 Å². The van der Waals surface area contributed by atoms with Gasteiger partial charge < -0.3 is 10.2 Å². The Kier molecular flexibility index (Phi) is 5.75. The largest absolute Gasteiger partial charge is 0.382 e. The first-order valence-corrected chi connectivity index (χ1v) is 9.43. The van der Waals surface area contributed by atoms with Gasteiger partial charge in [0.25, 0.3) is 0 Å². The fourth-order valence-corrected chi connectivity index (χ4v) is 3.68. The summed E-state index contributed by atoms with van der Waals surface area (Å²) in [7, 11) is 0. The van der Waals surface area contributed by atoms with Crippen LogP contribution in [0, 0.1) is 0 Å². The van der Waals surface area contributed by atoms with Crippen molar-refractivity contribution in [1.82, 2.24) is 0 Å². The molecule has 132 valence electrons. The Morgan fingerprint density at radius 1 is 1.08 bits per heavy atom. The minimum atomic E-state index is 0.0870. The number of rotatable bonds is 6. The van der Waals surface area contributed by atoms with Crippen molar-refractivity contribution in [2.24, 2.45) is 0 Å². The predicted molar refractivity (Wildman–Crippen MR) is 105 cm³/mol. The van der Waals surface area contributed by atoms with E-state index < -0.39 is 0 Å². The molecule has 0 aromatic heterocycles. The molecule has 2 atom stereocenters. The van der Waals surface area contributed by atoms with Crippen molar-refractivity contribution in [3.05, 3.63) is 60.2 Å². The Bertz CT molecular complexity index is 698. The van der Waals surface area contributed by atoms with Crippen molar-refractivity contribution in [3.63, 3.8) is 0 Å². The second-order valence-corrected chi connectivity index (χ2v) is 6.94. The molecule has 2 aromatic carbocycles. The number of nitrogens with zero attached hydrogens (tertiary/aromatic N) is 1. The first kappa shape index (κ1) is 17.5. The summed E-state index contributed by atoms with van der Waals surface area (Å²) in [4.78, 5) is 15.2. The summed E-state index contributed by atoms with van der Waals surface area (Å²) in [6.45, 7) is 4.36. The van der Waals surface area contributed by atoms with Crippen molar-refractivity contribution in [2.45, 2.75) is 58.0 Å². The molecule has 25 heavy (non-hydrogen) atoms. The summed E-state index contributed by atoms with van der Waals surface area (Å²) < 4.78 is 0. The van der Waals surface area contributed by atoms with Crippen LogP contribution >= 0.6 is 0 Å². The van der Waals surface area contributed by atoms with E-state index in [4.69, 9.17) is 0 Å². The fraction of sp³-hybridized carbons (Fsp3) is 0.409. The average molecular weight is 336 g/mol. The van der Waals surface area contributed by atoms with Gasteiger partial charge in [0.15, 0.2) is 0 Å². The van der Waals surface area contributed by atoms with Gasteiger partial charge in [-0.05, 0) is 43.5 Å². The maximum atomic E-state index is 13.1. The number of para-hydroxylation sites is 2. The van der Waals surface area contributed by atoms with Gasteiger partial charge in [-0.2, -0.15) is 0 Å². The summed E-state index contributed by atoms with van der Waals surface area (Å²) >= 11 is 0. The van der Waals surface area contributed by atoms with Gasteiger partial charge in [0.1, 0.15) is 0 Å². The molecule has 3 heteroatoms. The fourth-order valence-electron chi connectivity index (χ4n) is 3.68.